The molecule has 0 spiro atoms. The molecule has 16 heavy (non-hydrogen) atoms. The van der Waals surface area contributed by atoms with Crippen LogP contribution >= 0.6 is 0 Å². The van der Waals surface area contributed by atoms with Crippen LogP contribution in [0.2, 0.25) is 0 Å². The van der Waals surface area contributed by atoms with Crippen LogP contribution < -0.4 is 0 Å². The number of hydrogen-bond acceptors (Lipinski definition) is 3. The van der Waals surface area contributed by atoms with Gasteiger partial charge in [-0.3, -0.25) is 4.79 Å². The molecular weight excluding hydrogens is 204 g/mol. The molecule has 1 aromatic carbocycles. The lowest BCUT2D eigenvalue weighted by Crippen LogP contribution is -2.00. The summed E-state index contributed by atoms with van der Waals surface area (Å²) in [5.41, 5.74) is 2.44. The summed E-state index contributed by atoms with van der Waals surface area (Å²) >= 11 is 0. The van der Waals surface area contributed by atoms with Gasteiger partial charge in [0.1, 0.15) is 5.75 Å². The third kappa shape index (κ3) is 1.23. The Labute approximate surface area is 92.1 Å². The van der Waals surface area contributed by atoms with Gasteiger partial charge in [-0.2, -0.15) is 5.10 Å². The van der Waals surface area contributed by atoms with E-state index in [-0.39, 0.29) is 11.5 Å². The Hall–Kier alpha value is -2.10. The molecular formula is C12H10N2O2. The summed E-state index contributed by atoms with van der Waals surface area (Å²) in [6, 6.07) is 6.86. The van der Waals surface area contributed by atoms with E-state index in [1.54, 1.807) is 29.1 Å². The monoisotopic (exact) mass is 214 g/mol. The highest BCUT2D eigenvalue weighted by Gasteiger charge is 2.24. The summed E-state index contributed by atoms with van der Waals surface area (Å²) in [5.74, 6) is 0.354. The molecule has 1 aliphatic carbocycles. The number of nitrogens with zero attached hydrogens (tertiary/aromatic N) is 2. The average molecular weight is 214 g/mol. The highest BCUT2D eigenvalue weighted by molar-refractivity contribution is 5.99. The van der Waals surface area contributed by atoms with Gasteiger partial charge in [0.15, 0.2) is 5.78 Å². The molecule has 0 unspecified atom stereocenters. The molecule has 1 heterocycles. The SMILES string of the molecule is O=C1CCc2c1cnn2-c1cccc(O)c1. The Morgan fingerprint density at radius 3 is 3.00 bits per heavy atom. The third-order valence-electron chi connectivity index (χ3n) is 2.83. The molecule has 1 aliphatic rings. The van der Waals surface area contributed by atoms with Crippen LogP contribution in [0.15, 0.2) is 30.5 Å². The van der Waals surface area contributed by atoms with E-state index in [9.17, 15) is 9.90 Å². The normalized spacial score (nSPS) is 14.1. The first-order valence-electron chi connectivity index (χ1n) is 5.15. The molecule has 80 valence electrons. The molecule has 0 fully saturated rings. The summed E-state index contributed by atoms with van der Waals surface area (Å²) in [6.45, 7) is 0. The number of rotatable bonds is 1. The minimum Gasteiger partial charge on any atom is -0.508 e. The van der Waals surface area contributed by atoms with Gasteiger partial charge in [0.2, 0.25) is 0 Å². The van der Waals surface area contributed by atoms with Crippen LogP contribution in [-0.2, 0) is 6.42 Å². The Bertz CT molecular complexity index is 572. The zero-order valence-electron chi connectivity index (χ0n) is 8.55. The van der Waals surface area contributed by atoms with Crippen molar-refractivity contribution in [1.29, 1.82) is 0 Å². The number of benzene rings is 1. The first-order chi connectivity index (χ1) is 7.75. The molecule has 4 heteroatoms. The molecule has 0 saturated heterocycles. The standard InChI is InChI=1S/C12H10N2O2/c15-9-3-1-2-8(6-9)14-11-4-5-12(16)10(11)7-13-14/h1-3,6-7,15H,4-5H2. The zero-order valence-corrected chi connectivity index (χ0v) is 8.55. The smallest absolute Gasteiger partial charge is 0.166 e. The van der Waals surface area contributed by atoms with Crippen LogP contribution in [0.25, 0.3) is 5.69 Å². The first kappa shape index (κ1) is 9.15. The summed E-state index contributed by atoms with van der Waals surface area (Å²) < 4.78 is 1.72. The molecule has 0 radical (unpaired) electrons. The predicted molar refractivity (Wildman–Crippen MR) is 57.9 cm³/mol. The van der Waals surface area contributed by atoms with E-state index in [4.69, 9.17) is 0 Å². The molecule has 4 nitrogen and oxygen atoms in total. The quantitative estimate of drug-likeness (QED) is 0.786. The lowest BCUT2D eigenvalue weighted by atomic mass is 10.2. The van der Waals surface area contributed by atoms with Crippen LogP contribution in [0, 0.1) is 0 Å². The van der Waals surface area contributed by atoms with Crippen molar-refractivity contribution in [3.8, 4) is 11.4 Å². The van der Waals surface area contributed by atoms with E-state index in [1.165, 1.54) is 0 Å². The van der Waals surface area contributed by atoms with E-state index in [0.29, 0.717) is 12.0 Å². The first-order valence-corrected chi connectivity index (χ1v) is 5.15. The maximum Gasteiger partial charge on any atom is 0.166 e. The van der Waals surface area contributed by atoms with Gasteiger partial charge < -0.3 is 5.11 Å². The second-order valence-corrected chi connectivity index (χ2v) is 3.86. The van der Waals surface area contributed by atoms with Crippen molar-refractivity contribution >= 4 is 5.78 Å². The van der Waals surface area contributed by atoms with E-state index in [2.05, 4.69) is 5.10 Å². The fourth-order valence-electron chi connectivity index (χ4n) is 2.06. The van der Waals surface area contributed by atoms with Crippen molar-refractivity contribution in [1.82, 2.24) is 9.78 Å². The lowest BCUT2D eigenvalue weighted by molar-refractivity contribution is 0.0994. The largest absolute Gasteiger partial charge is 0.508 e. The van der Waals surface area contributed by atoms with Gasteiger partial charge >= 0.3 is 0 Å². The summed E-state index contributed by atoms with van der Waals surface area (Å²) in [6.07, 6.45) is 2.89. The van der Waals surface area contributed by atoms with Gasteiger partial charge in [-0.05, 0) is 18.6 Å². The maximum atomic E-state index is 11.5. The third-order valence-corrected chi connectivity index (χ3v) is 2.83. The number of phenolic OH excluding ortho intramolecular Hbond substituents is 1. The number of carbonyl (C=O) groups excluding carboxylic acids is 1. The van der Waals surface area contributed by atoms with Crippen molar-refractivity contribution in [2.24, 2.45) is 0 Å². The molecule has 0 atom stereocenters. The Morgan fingerprint density at radius 1 is 1.31 bits per heavy atom. The number of aromatic nitrogens is 2. The Morgan fingerprint density at radius 2 is 2.19 bits per heavy atom. The van der Waals surface area contributed by atoms with Crippen molar-refractivity contribution in [2.75, 3.05) is 0 Å². The highest BCUT2D eigenvalue weighted by Crippen LogP contribution is 2.25. The summed E-state index contributed by atoms with van der Waals surface area (Å²) in [7, 11) is 0. The van der Waals surface area contributed by atoms with E-state index in [1.807, 2.05) is 6.07 Å². The molecule has 0 aliphatic heterocycles. The van der Waals surface area contributed by atoms with E-state index >= 15 is 0 Å². The van der Waals surface area contributed by atoms with Gasteiger partial charge in [-0.1, -0.05) is 6.07 Å². The minimum atomic E-state index is 0.154. The van der Waals surface area contributed by atoms with Crippen molar-refractivity contribution in [3.63, 3.8) is 0 Å². The topological polar surface area (TPSA) is 55.1 Å². The second kappa shape index (κ2) is 3.20. The van der Waals surface area contributed by atoms with E-state index in [0.717, 1.165) is 17.8 Å². The summed E-state index contributed by atoms with van der Waals surface area (Å²) in [5, 5.41) is 13.6. The van der Waals surface area contributed by atoms with Crippen LogP contribution in [0.4, 0.5) is 0 Å². The van der Waals surface area contributed by atoms with Crippen LogP contribution in [0.3, 0.4) is 0 Å². The van der Waals surface area contributed by atoms with Crippen molar-refractivity contribution < 1.29 is 9.90 Å². The molecule has 3 rings (SSSR count). The molecule has 0 amide bonds. The van der Waals surface area contributed by atoms with Gasteiger partial charge in [-0.15, -0.1) is 0 Å². The summed E-state index contributed by atoms with van der Waals surface area (Å²) in [4.78, 5) is 11.5. The average Bonchev–Trinajstić information content (AvgIpc) is 2.82. The highest BCUT2D eigenvalue weighted by atomic mass is 16.3. The molecule has 1 aromatic heterocycles. The second-order valence-electron chi connectivity index (χ2n) is 3.86. The molecule has 0 bridgehead atoms. The van der Waals surface area contributed by atoms with Gasteiger partial charge in [0.05, 0.1) is 23.1 Å². The number of carbonyl (C=O) groups is 1. The minimum absolute atomic E-state index is 0.154. The molecule has 2 aromatic rings. The molecule has 0 saturated carbocycles. The molecule has 1 N–H and O–H groups in total. The Kier molecular flexibility index (Phi) is 1.83. The van der Waals surface area contributed by atoms with Gasteiger partial charge in [-0.25, -0.2) is 4.68 Å². The maximum absolute atomic E-state index is 11.5. The number of hydrogen-bond donors (Lipinski definition) is 1. The zero-order chi connectivity index (χ0) is 11.1. The fourth-order valence-corrected chi connectivity index (χ4v) is 2.06. The van der Waals surface area contributed by atoms with Gasteiger partial charge in [0, 0.05) is 12.5 Å². The predicted octanol–water partition coefficient (Wildman–Crippen LogP) is 1.71. The lowest BCUT2D eigenvalue weighted by Gasteiger charge is -2.05. The Balaban J connectivity index is 2.15. The van der Waals surface area contributed by atoms with Crippen molar-refractivity contribution in [3.05, 3.63) is 41.7 Å². The van der Waals surface area contributed by atoms with Crippen LogP contribution in [0.5, 0.6) is 5.75 Å². The number of ketones is 1. The van der Waals surface area contributed by atoms with Gasteiger partial charge in [0.25, 0.3) is 0 Å². The van der Waals surface area contributed by atoms with Crippen LogP contribution in [0.1, 0.15) is 22.5 Å². The van der Waals surface area contributed by atoms with E-state index < -0.39 is 0 Å². The number of phenols is 1. The number of fused-ring (bicyclic) bond motifs is 1. The number of Topliss-reactive ketones (excluding diaryl/α,β-unsaturated/α-hetero) is 1. The van der Waals surface area contributed by atoms with Crippen LogP contribution in [-0.4, -0.2) is 20.7 Å². The number of aromatic hydroxyl groups is 1. The fraction of sp³-hybridized carbons (Fsp3) is 0.167. The van der Waals surface area contributed by atoms with Crippen molar-refractivity contribution in [2.45, 2.75) is 12.8 Å².